The number of amides is 1. The fourth-order valence-corrected chi connectivity index (χ4v) is 2.30. The van der Waals surface area contributed by atoms with Crippen LogP contribution >= 0.6 is 0 Å². The predicted molar refractivity (Wildman–Crippen MR) is 56.7 cm³/mol. The molecule has 1 unspecified atom stereocenters. The number of aliphatic hydroxyl groups is 1. The number of hydrogen-bond acceptors (Lipinski definition) is 4. The smallest absolute Gasteiger partial charge is 0.334 e. The maximum absolute atomic E-state index is 11.8. The minimum atomic E-state index is -1.39. The molecule has 1 amide bonds. The molecule has 6 heteroatoms. The number of fused-ring (bicyclic) bond motifs is 1. The van der Waals surface area contributed by atoms with Crippen molar-refractivity contribution < 1.29 is 24.5 Å². The Bertz CT molecular complexity index is 434. The topological polar surface area (TPSA) is 87.1 Å². The molecule has 94 valence electrons. The second kappa shape index (κ2) is 3.22. The van der Waals surface area contributed by atoms with Crippen LogP contribution in [0.3, 0.4) is 0 Å². The molecular weight excluding hydrogens is 226 g/mol. The Labute approximate surface area is 98.5 Å². The Morgan fingerprint density at radius 1 is 1.53 bits per heavy atom. The first-order valence-electron chi connectivity index (χ1n) is 5.32. The molecule has 0 aromatic carbocycles. The molecule has 6 nitrogen and oxygen atoms in total. The van der Waals surface area contributed by atoms with Crippen LogP contribution in [0.15, 0.2) is 11.5 Å². The Morgan fingerprint density at radius 2 is 2.12 bits per heavy atom. The van der Waals surface area contributed by atoms with Crippen molar-refractivity contribution in [3.05, 3.63) is 11.5 Å². The van der Waals surface area contributed by atoms with Gasteiger partial charge in [0.15, 0.2) is 5.54 Å². The van der Waals surface area contributed by atoms with Crippen molar-refractivity contribution in [3.63, 3.8) is 0 Å². The SMILES string of the molecule is CC(C)(C)C1(C(=O)O)COC2=C(CO)C(=O)N21. The maximum Gasteiger partial charge on any atom is 0.334 e. The molecule has 1 fully saturated rings. The molecule has 2 heterocycles. The summed E-state index contributed by atoms with van der Waals surface area (Å²) in [7, 11) is 0. The van der Waals surface area contributed by atoms with Crippen LogP contribution in [0.4, 0.5) is 0 Å². The zero-order chi connectivity index (χ0) is 13.0. The van der Waals surface area contributed by atoms with E-state index in [1.165, 1.54) is 0 Å². The van der Waals surface area contributed by atoms with E-state index in [1.807, 2.05) is 0 Å². The van der Waals surface area contributed by atoms with E-state index in [-0.39, 0.29) is 18.1 Å². The van der Waals surface area contributed by atoms with Gasteiger partial charge in [0.2, 0.25) is 5.88 Å². The van der Waals surface area contributed by atoms with E-state index in [4.69, 9.17) is 9.84 Å². The van der Waals surface area contributed by atoms with E-state index in [2.05, 4.69) is 0 Å². The average molecular weight is 241 g/mol. The summed E-state index contributed by atoms with van der Waals surface area (Å²) in [4.78, 5) is 24.5. The van der Waals surface area contributed by atoms with E-state index >= 15 is 0 Å². The highest BCUT2D eigenvalue weighted by Gasteiger charge is 2.66. The molecule has 0 aromatic heterocycles. The Morgan fingerprint density at radius 3 is 2.53 bits per heavy atom. The molecule has 0 aliphatic carbocycles. The number of carbonyl (C=O) groups is 2. The van der Waals surface area contributed by atoms with Gasteiger partial charge in [-0.3, -0.25) is 9.69 Å². The summed E-state index contributed by atoms with van der Waals surface area (Å²) in [6.07, 6.45) is 0. The van der Waals surface area contributed by atoms with Gasteiger partial charge in [-0.05, 0) is 5.41 Å². The lowest BCUT2D eigenvalue weighted by Gasteiger charge is -2.44. The minimum absolute atomic E-state index is 0.0869. The van der Waals surface area contributed by atoms with E-state index in [0.717, 1.165) is 4.90 Å². The van der Waals surface area contributed by atoms with Crippen molar-refractivity contribution >= 4 is 11.9 Å². The minimum Gasteiger partial charge on any atom is -0.479 e. The van der Waals surface area contributed by atoms with Crippen LogP contribution in [0.1, 0.15) is 20.8 Å². The van der Waals surface area contributed by atoms with Crippen molar-refractivity contribution in [3.8, 4) is 0 Å². The largest absolute Gasteiger partial charge is 0.479 e. The van der Waals surface area contributed by atoms with Gasteiger partial charge in [0.1, 0.15) is 12.2 Å². The van der Waals surface area contributed by atoms with Crippen LogP contribution in [0.5, 0.6) is 0 Å². The first-order chi connectivity index (χ1) is 7.77. The molecule has 0 saturated carbocycles. The van der Waals surface area contributed by atoms with Crippen molar-refractivity contribution in [2.75, 3.05) is 13.2 Å². The fraction of sp³-hybridized carbons (Fsp3) is 0.636. The van der Waals surface area contributed by atoms with Gasteiger partial charge >= 0.3 is 5.97 Å². The summed E-state index contributed by atoms with van der Waals surface area (Å²) >= 11 is 0. The molecule has 2 aliphatic rings. The van der Waals surface area contributed by atoms with Crippen LogP contribution in [0.2, 0.25) is 0 Å². The van der Waals surface area contributed by atoms with Crippen molar-refractivity contribution in [2.45, 2.75) is 26.3 Å². The third-order valence-electron chi connectivity index (χ3n) is 3.47. The molecule has 2 rings (SSSR count). The van der Waals surface area contributed by atoms with Gasteiger partial charge in [0.05, 0.1) is 6.61 Å². The lowest BCUT2D eigenvalue weighted by Crippen LogP contribution is -2.65. The molecule has 0 aromatic rings. The molecule has 1 saturated heterocycles. The van der Waals surface area contributed by atoms with Crippen LogP contribution in [-0.4, -0.2) is 45.7 Å². The number of hydrogen-bond donors (Lipinski definition) is 2. The van der Waals surface area contributed by atoms with Crippen LogP contribution in [0, 0.1) is 5.41 Å². The van der Waals surface area contributed by atoms with E-state index in [9.17, 15) is 14.7 Å². The lowest BCUT2D eigenvalue weighted by molar-refractivity contribution is -0.162. The number of ether oxygens (including phenoxy) is 1. The number of aliphatic hydroxyl groups excluding tert-OH is 1. The van der Waals surface area contributed by atoms with Gasteiger partial charge in [-0.1, -0.05) is 20.8 Å². The second-order valence-corrected chi connectivity index (χ2v) is 5.29. The molecule has 2 aliphatic heterocycles. The molecule has 1 atom stereocenters. The summed E-state index contributed by atoms with van der Waals surface area (Å²) in [5.41, 5.74) is -1.91. The fourth-order valence-electron chi connectivity index (χ4n) is 2.30. The van der Waals surface area contributed by atoms with Crippen molar-refractivity contribution in [1.29, 1.82) is 0 Å². The first kappa shape index (κ1) is 11.9. The van der Waals surface area contributed by atoms with Gasteiger partial charge in [0, 0.05) is 0 Å². The van der Waals surface area contributed by atoms with Crippen molar-refractivity contribution in [2.24, 2.45) is 5.41 Å². The Hall–Kier alpha value is -1.56. The highest BCUT2D eigenvalue weighted by atomic mass is 16.5. The Kier molecular flexibility index (Phi) is 2.26. The quantitative estimate of drug-likeness (QED) is 0.706. The molecule has 0 spiro atoms. The summed E-state index contributed by atoms with van der Waals surface area (Å²) < 4.78 is 5.27. The number of rotatable bonds is 2. The van der Waals surface area contributed by atoms with Gasteiger partial charge in [-0.15, -0.1) is 0 Å². The molecule has 17 heavy (non-hydrogen) atoms. The maximum atomic E-state index is 11.8. The van der Waals surface area contributed by atoms with Crippen LogP contribution < -0.4 is 0 Å². The number of carboxylic acid groups (broad SMARTS) is 1. The lowest BCUT2D eigenvalue weighted by atomic mass is 9.72. The second-order valence-electron chi connectivity index (χ2n) is 5.29. The van der Waals surface area contributed by atoms with Crippen LogP contribution in [0.25, 0.3) is 0 Å². The van der Waals surface area contributed by atoms with Crippen LogP contribution in [-0.2, 0) is 14.3 Å². The zero-order valence-corrected chi connectivity index (χ0v) is 9.98. The molecule has 0 bridgehead atoms. The first-order valence-corrected chi connectivity index (χ1v) is 5.32. The molecular formula is C11H15NO5. The third kappa shape index (κ3) is 1.18. The number of nitrogens with zero attached hydrogens (tertiary/aromatic N) is 1. The van der Waals surface area contributed by atoms with E-state index in [1.54, 1.807) is 20.8 Å². The highest BCUT2D eigenvalue weighted by molar-refractivity contribution is 6.05. The average Bonchev–Trinajstić information content (AvgIpc) is 2.54. The van der Waals surface area contributed by atoms with Gasteiger partial charge in [0.25, 0.3) is 5.91 Å². The predicted octanol–water partition coefficient (Wildman–Crippen LogP) is -0.0678. The number of carboxylic acids is 1. The highest BCUT2D eigenvalue weighted by Crippen LogP contribution is 2.48. The normalized spacial score (nSPS) is 27.8. The monoisotopic (exact) mass is 241 g/mol. The summed E-state index contributed by atoms with van der Waals surface area (Å²) in [6, 6.07) is 0. The third-order valence-corrected chi connectivity index (χ3v) is 3.47. The summed E-state index contributed by atoms with van der Waals surface area (Å²) in [6.45, 7) is 4.73. The molecule has 0 radical (unpaired) electrons. The van der Waals surface area contributed by atoms with Gasteiger partial charge < -0.3 is 14.9 Å². The molecule has 2 N–H and O–H groups in total. The van der Waals surface area contributed by atoms with Gasteiger partial charge in [-0.2, -0.15) is 0 Å². The number of aliphatic carboxylic acids is 1. The number of carbonyl (C=O) groups excluding carboxylic acids is 1. The van der Waals surface area contributed by atoms with Crippen molar-refractivity contribution in [1.82, 2.24) is 4.90 Å². The van der Waals surface area contributed by atoms with E-state index in [0.29, 0.717) is 0 Å². The van der Waals surface area contributed by atoms with Gasteiger partial charge in [-0.25, -0.2) is 4.79 Å². The standard InChI is InChI=1S/C11H15NO5/c1-10(2,3)11(9(15)16)5-17-8-6(4-13)7(14)12(8)11/h13H,4-5H2,1-3H3,(H,15,16). The summed E-state index contributed by atoms with van der Waals surface area (Å²) in [5.74, 6) is -1.35. The van der Waals surface area contributed by atoms with E-state index < -0.39 is 29.4 Å². The Balaban J connectivity index is 2.52. The zero-order valence-electron chi connectivity index (χ0n) is 9.98. The summed E-state index contributed by atoms with van der Waals surface area (Å²) in [5, 5.41) is 18.4.